The number of carbonyl (C=O) groups is 1. The van der Waals surface area contributed by atoms with Crippen molar-refractivity contribution in [3.63, 3.8) is 0 Å². The van der Waals surface area contributed by atoms with Gasteiger partial charge in [0.25, 0.3) is 5.91 Å². The number of halogens is 3. The standard InChI is InChI=1S/C23H24F3N3O/c1-14(27)21(15(2)28-3)22(30)29-11-10-17-4-5-18(12-19(17)13-29)16-6-8-20(9-7-16)23(24,25)26/h4-9,12,27-28H,10-11,13H2,1-3H3/b21-15+,27-14?. The minimum absolute atomic E-state index is 0.195. The van der Waals surface area contributed by atoms with Crippen molar-refractivity contribution in [1.82, 2.24) is 10.2 Å². The Morgan fingerprint density at radius 1 is 1.03 bits per heavy atom. The Morgan fingerprint density at radius 3 is 2.23 bits per heavy atom. The van der Waals surface area contributed by atoms with Crippen LogP contribution in [0.1, 0.15) is 30.5 Å². The zero-order chi connectivity index (χ0) is 22.1. The molecule has 0 aliphatic carbocycles. The molecule has 1 amide bonds. The summed E-state index contributed by atoms with van der Waals surface area (Å²) in [4.78, 5) is 14.7. The second-order valence-corrected chi connectivity index (χ2v) is 7.41. The van der Waals surface area contributed by atoms with Gasteiger partial charge < -0.3 is 15.6 Å². The molecule has 0 fully saturated rings. The third-order valence-electron chi connectivity index (χ3n) is 5.39. The Kier molecular flexibility index (Phi) is 6.01. The Hall–Kier alpha value is -3.09. The minimum atomic E-state index is -4.36. The van der Waals surface area contributed by atoms with E-state index in [1.165, 1.54) is 12.1 Å². The summed E-state index contributed by atoms with van der Waals surface area (Å²) in [5.74, 6) is -0.195. The third kappa shape index (κ3) is 4.40. The maximum atomic E-state index is 13.0. The predicted octanol–water partition coefficient (Wildman–Crippen LogP) is 4.79. The van der Waals surface area contributed by atoms with Crippen LogP contribution in [0.5, 0.6) is 0 Å². The van der Waals surface area contributed by atoms with E-state index in [4.69, 9.17) is 5.41 Å². The van der Waals surface area contributed by atoms with E-state index in [-0.39, 0.29) is 11.6 Å². The van der Waals surface area contributed by atoms with E-state index in [0.29, 0.717) is 36.3 Å². The number of nitrogens with zero attached hydrogens (tertiary/aromatic N) is 1. The molecule has 0 saturated carbocycles. The quantitative estimate of drug-likeness (QED) is 0.557. The van der Waals surface area contributed by atoms with Crippen molar-refractivity contribution < 1.29 is 18.0 Å². The van der Waals surface area contributed by atoms with Gasteiger partial charge in [-0.1, -0.05) is 24.3 Å². The molecule has 2 aromatic carbocycles. The van der Waals surface area contributed by atoms with E-state index in [1.54, 1.807) is 25.8 Å². The number of hydrogen-bond acceptors (Lipinski definition) is 3. The minimum Gasteiger partial charge on any atom is -0.391 e. The van der Waals surface area contributed by atoms with Gasteiger partial charge in [-0.3, -0.25) is 4.79 Å². The summed E-state index contributed by atoms with van der Waals surface area (Å²) in [5, 5.41) is 10.9. The van der Waals surface area contributed by atoms with Crippen molar-refractivity contribution in [2.45, 2.75) is 33.0 Å². The van der Waals surface area contributed by atoms with Crippen LogP contribution in [0.4, 0.5) is 13.2 Å². The van der Waals surface area contributed by atoms with Crippen LogP contribution in [0.3, 0.4) is 0 Å². The van der Waals surface area contributed by atoms with Crippen LogP contribution in [0.15, 0.2) is 53.7 Å². The van der Waals surface area contributed by atoms with E-state index in [9.17, 15) is 18.0 Å². The number of amides is 1. The molecule has 0 saturated heterocycles. The van der Waals surface area contributed by atoms with Gasteiger partial charge in [0.15, 0.2) is 0 Å². The summed E-state index contributed by atoms with van der Waals surface area (Å²) in [6, 6.07) is 10.9. The van der Waals surface area contributed by atoms with Crippen molar-refractivity contribution in [2.24, 2.45) is 0 Å². The second kappa shape index (κ2) is 8.34. The van der Waals surface area contributed by atoms with Gasteiger partial charge in [-0.2, -0.15) is 13.2 Å². The molecule has 3 rings (SSSR count). The van der Waals surface area contributed by atoms with Crippen LogP contribution in [0, 0.1) is 5.41 Å². The molecule has 2 N–H and O–H groups in total. The van der Waals surface area contributed by atoms with E-state index in [0.717, 1.165) is 28.8 Å². The van der Waals surface area contributed by atoms with Crippen LogP contribution in [0.25, 0.3) is 11.1 Å². The number of alkyl halides is 3. The first-order valence-electron chi connectivity index (χ1n) is 9.64. The summed E-state index contributed by atoms with van der Waals surface area (Å²) >= 11 is 0. The number of allylic oxidation sites excluding steroid dienone is 1. The molecule has 0 spiro atoms. The van der Waals surface area contributed by atoms with Crippen molar-refractivity contribution >= 4 is 11.6 Å². The number of hydrogen-bond donors (Lipinski definition) is 2. The molecule has 0 aromatic heterocycles. The number of rotatable bonds is 4. The molecule has 7 heteroatoms. The first-order chi connectivity index (χ1) is 14.1. The molecule has 2 aromatic rings. The highest BCUT2D eigenvalue weighted by atomic mass is 19.4. The average Bonchev–Trinajstić information content (AvgIpc) is 2.72. The molecule has 0 radical (unpaired) electrons. The first kappa shape index (κ1) is 21.6. The van der Waals surface area contributed by atoms with Gasteiger partial charge in [0.2, 0.25) is 0 Å². The highest BCUT2D eigenvalue weighted by molar-refractivity contribution is 6.20. The molecule has 158 valence electrons. The van der Waals surface area contributed by atoms with Gasteiger partial charge in [-0.05, 0) is 60.7 Å². The summed E-state index contributed by atoms with van der Waals surface area (Å²) in [5.41, 5.74) is 4.13. The Balaban J connectivity index is 1.87. The summed E-state index contributed by atoms with van der Waals surface area (Å²) in [6.07, 6.45) is -3.67. The topological polar surface area (TPSA) is 56.2 Å². The van der Waals surface area contributed by atoms with Crippen LogP contribution < -0.4 is 5.32 Å². The normalized spacial score (nSPS) is 14.7. The third-order valence-corrected chi connectivity index (χ3v) is 5.39. The first-order valence-corrected chi connectivity index (χ1v) is 9.64. The molecule has 1 aliphatic rings. The largest absolute Gasteiger partial charge is 0.416 e. The fourth-order valence-corrected chi connectivity index (χ4v) is 3.65. The maximum Gasteiger partial charge on any atom is 0.416 e. The lowest BCUT2D eigenvalue weighted by molar-refractivity contribution is -0.137. The van der Waals surface area contributed by atoms with Gasteiger partial charge in [0.05, 0.1) is 11.1 Å². The zero-order valence-corrected chi connectivity index (χ0v) is 17.2. The fraction of sp³-hybridized carbons (Fsp3) is 0.304. The summed E-state index contributed by atoms with van der Waals surface area (Å²) < 4.78 is 38.4. The SMILES string of the molecule is CN/C(C)=C(\C(C)=N)C(=O)N1CCc2ccc(-c3ccc(C(F)(F)F)cc3)cc2C1. The van der Waals surface area contributed by atoms with E-state index < -0.39 is 11.7 Å². The van der Waals surface area contributed by atoms with Crippen molar-refractivity contribution in [3.05, 3.63) is 70.4 Å². The summed E-state index contributed by atoms with van der Waals surface area (Å²) in [6.45, 7) is 4.32. The van der Waals surface area contributed by atoms with Crippen molar-refractivity contribution in [3.8, 4) is 11.1 Å². The monoisotopic (exact) mass is 415 g/mol. The van der Waals surface area contributed by atoms with Crippen molar-refractivity contribution in [1.29, 1.82) is 5.41 Å². The average molecular weight is 415 g/mol. The molecular weight excluding hydrogens is 391 g/mol. The van der Waals surface area contributed by atoms with Crippen LogP contribution in [-0.2, 0) is 23.9 Å². The number of benzene rings is 2. The lowest BCUT2D eigenvalue weighted by atomic mass is 9.93. The van der Waals surface area contributed by atoms with Crippen LogP contribution >= 0.6 is 0 Å². The Labute approximate surface area is 173 Å². The number of nitrogens with one attached hydrogen (secondary N) is 2. The molecule has 4 nitrogen and oxygen atoms in total. The Morgan fingerprint density at radius 2 is 1.67 bits per heavy atom. The molecule has 1 aliphatic heterocycles. The predicted molar refractivity (Wildman–Crippen MR) is 111 cm³/mol. The van der Waals surface area contributed by atoms with Crippen molar-refractivity contribution in [2.75, 3.05) is 13.6 Å². The van der Waals surface area contributed by atoms with Gasteiger partial charge in [0.1, 0.15) is 0 Å². The fourth-order valence-electron chi connectivity index (χ4n) is 3.65. The van der Waals surface area contributed by atoms with Gasteiger partial charge in [-0.15, -0.1) is 0 Å². The lowest BCUT2D eigenvalue weighted by Gasteiger charge is -2.30. The molecule has 30 heavy (non-hydrogen) atoms. The maximum absolute atomic E-state index is 13.0. The van der Waals surface area contributed by atoms with Gasteiger partial charge in [0, 0.05) is 31.5 Å². The van der Waals surface area contributed by atoms with E-state index in [1.807, 2.05) is 18.2 Å². The Bertz CT molecular complexity index is 1010. The highest BCUT2D eigenvalue weighted by Gasteiger charge is 2.30. The van der Waals surface area contributed by atoms with Crippen LogP contribution in [0.2, 0.25) is 0 Å². The zero-order valence-electron chi connectivity index (χ0n) is 17.2. The molecule has 0 atom stereocenters. The molecule has 1 heterocycles. The lowest BCUT2D eigenvalue weighted by Crippen LogP contribution is -2.39. The summed E-state index contributed by atoms with van der Waals surface area (Å²) in [7, 11) is 1.72. The molecular formula is C23H24F3N3O. The smallest absolute Gasteiger partial charge is 0.391 e. The van der Waals surface area contributed by atoms with E-state index in [2.05, 4.69) is 5.32 Å². The number of carbonyl (C=O) groups excluding carboxylic acids is 1. The molecule has 0 unspecified atom stereocenters. The van der Waals surface area contributed by atoms with E-state index >= 15 is 0 Å². The van der Waals surface area contributed by atoms with Crippen LogP contribution in [-0.4, -0.2) is 30.1 Å². The second-order valence-electron chi connectivity index (χ2n) is 7.41. The van der Waals surface area contributed by atoms with Gasteiger partial charge in [-0.25, -0.2) is 0 Å². The van der Waals surface area contributed by atoms with Gasteiger partial charge >= 0.3 is 6.18 Å². The highest BCUT2D eigenvalue weighted by Crippen LogP contribution is 2.32. The number of fused-ring (bicyclic) bond motifs is 1. The molecule has 0 bridgehead atoms.